The zero-order chi connectivity index (χ0) is 11.7. The first-order valence-electron chi connectivity index (χ1n) is 5.14. The van der Waals surface area contributed by atoms with E-state index in [0.29, 0.717) is 11.5 Å². The number of rotatable bonds is 3. The van der Waals surface area contributed by atoms with Gasteiger partial charge in [0, 0.05) is 17.8 Å². The molecule has 0 unspecified atom stereocenters. The molecule has 1 heterocycles. The van der Waals surface area contributed by atoms with E-state index in [4.69, 9.17) is 5.73 Å². The van der Waals surface area contributed by atoms with E-state index in [2.05, 4.69) is 17.2 Å². The molecular weight excluding hydrogens is 206 g/mol. The molecule has 2 amide bonds. The molecule has 84 valence electrons. The number of amides is 2. The van der Waals surface area contributed by atoms with Crippen LogP contribution >= 0.6 is 0 Å². The van der Waals surface area contributed by atoms with Gasteiger partial charge < -0.3 is 11.1 Å². The minimum atomic E-state index is -0.630. The third-order valence-corrected chi connectivity index (χ3v) is 2.70. The number of carbonyl (C=O) groups is 2. The summed E-state index contributed by atoms with van der Waals surface area (Å²) in [5.74, 6) is -0.268. The van der Waals surface area contributed by atoms with E-state index in [0.717, 1.165) is 6.42 Å². The largest absolute Gasteiger partial charge is 0.364 e. The molecule has 0 aromatic carbocycles. The van der Waals surface area contributed by atoms with Crippen LogP contribution in [-0.4, -0.2) is 22.8 Å². The Morgan fingerprint density at radius 3 is 2.81 bits per heavy atom. The second-order valence-corrected chi connectivity index (χ2v) is 4.09. The van der Waals surface area contributed by atoms with Crippen molar-refractivity contribution in [2.45, 2.75) is 19.4 Å². The molecule has 5 nitrogen and oxygen atoms in total. The molecule has 1 aliphatic rings. The van der Waals surface area contributed by atoms with E-state index in [9.17, 15) is 9.59 Å². The van der Waals surface area contributed by atoms with Crippen molar-refractivity contribution in [3.8, 4) is 0 Å². The molecule has 0 radical (unpaired) electrons. The molecular formula is C11H13N3O2. The second kappa shape index (κ2) is 3.92. The van der Waals surface area contributed by atoms with Crippen molar-refractivity contribution < 1.29 is 9.59 Å². The predicted molar refractivity (Wildman–Crippen MR) is 57.8 cm³/mol. The van der Waals surface area contributed by atoms with Gasteiger partial charge in [-0.2, -0.15) is 0 Å². The van der Waals surface area contributed by atoms with Crippen molar-refractivity contribution in [3.63, 3.8) is 0 Å². The van der Waals surface area contributed by atoms with Crippen LogP contribution in [0.2, 0.25) is 0 Å². The molecule has 16 heavy (non-hydrogen) atoms. The minimum Gasteiger partial charge on any atom is -0.364 e. The van der Waals surface area contributed by atoms with E-state index in [1.54, 1.807) is 6.07 Å². The number of carbonyl (C=O) groups excluding carboxylic acids is 2. The van der Waals surface area contributed by atoms with E-state index in [1.807, 2.05) is 0 Å². The molecule has 1 aromatic rings. The Bertz CT molecular complexity index is 445. The van der Waals surface area contributed by atoms with Crippen molar-refractivity contribution in [1.29, 1.82) is 0 Å². The lowest BCUT2D eigenvalue weighted by Crippen LogP contribution is -2.27. The highest BCUT2D eigenvalue weighted by molar-refractivity contribution is 5.98. The Balaban J connectivity index is 2.10. The Kier molecular flexibility index (Phi) is 2.60. The van der Waals surface area contributed by atoms with Crippen LogP contribution in [0.5, 0.6) is 0 Å². The molecule has 5 heteroatoms. The van der Waals surface area contributed by atoms with Gasteiger partial charge in [-0.1, -0.05) is 6.92 Å². The van der Waals surface area contributed by atoms with Crippen molar-refractivity contribution in [2.24, 2.45) is 11.7 Å². The number of nitrogens with one attached hydrogen (secondary N) is 1. The summed E-state index contributed by atoms with van der Waals surface area (Å²) < 4.78 is 0. The van der Waals surface area contributed by atoms with Gasteiger partial charge in [0.05, 0.1) is 0 Å². The van der Waals surface area contributed by atoms with Crippen LogP contribution in [0.4, 0.5) is 0 Å². The standard InChI is InChI=1S/C11H13N3O2/c1-6-4-8(6)14-11(16)7-2-3-13-9(5-7)10(12)15/h2-3,5-6,8H,4H2,1H3,(H2,12,15)(H,14,16)/t6-,8-/m0/s1. The summed E-state index contributed by atoms with van der Waals surface area (Å²) in [6.45, 7) is 2.08. The fourth-order valence-corrected chi connectivity index (χ4v) is 1.48. The van der Waals surface area contributed by atoms with Crippen LogP contribution in [0.15, 0.2) is 18.3 Å². The average molecular weight is 219 g/mol. The van der Waals surface area contributed by atoms with E-state index in [1.165, 1.54) is 12.3 Å². The molecule has 0 spiro atoms. The Morgan fingerprint density at radius 2 is 2.25 bits per heavy atom. The third-order valence-electron chi connectivity index (χ3n) is 2.70. The van der Waals surface area contributed by atoms with Crippen LogP contribution in [0.25, 0.3) is 0 Å². The first-order valence-corrected chi connectivity index (χ1v) is 5.14. The van der Waals surface area contributed by atoms with E-state index < -0.39 is 5.91 Å². The summed E-state index contributed by atoms with van der Waals surface area (Å²) in [6, 6.07) is 3.23. The Hall–Kier alpha value is -1.91. The number of aromatic nitrogens is 1. The van der Waals surface area contributed by atoms with Crippen LogP contribution < -0.4 is 11.1 Å². The first-order chi connectivity index (χ1) is 7.58. The highest BCUT2D eigenvalue weighted by Gasteiger charge is 2.34. The number of hydrogen-bond acceptors (Lipinski definition) is 3. The van der Waals surface area contributed by atoms with Gasteiger partial charge in [-0.15, -0.1) is 0 Å². The quantitative estimate of drug-likeness (QED) is 0.767. The van der Waals surface area contributed by atoms with Crippen LogP contribution in [-0.2, 0) is 0 Å². The number of primary amides is 1. The molecule has 1 fully saturated rings. The van der Waals surface area contributed by atoms with Gasteiger partial charge in [-0.3, -0.25) is 14.6 Å². The van der Waals surface area contributed by atoms with Crippen LogP contribution in [0, 0.1) is 5.92 Å². The molecule has 1 aliphatic carbocycles. The van der Waals surface area contributed by atoms with Gasteiger partial charge in [0.25, 0.3) is 11.8 Å². The van der Waals surface area contributed by atoms with Gasteiger partial charge in [0.2, 0.25) is 0 Å². The average Bonchev–Trinajstić information content (AvgIpc) is 2.94. The van der Waals surface area contributed by atoms with Crippen LogP contribution in [0.1, 0.15) is 34.2 Å². The summed E-state index contributed by atoms with van der Waals surface area (Å²) in [7, 11) is 0. The van der Waals surface area contributed by atoms with Crippen molar-refractivity contribution in [2.75, 3.05) is 0 Å². The molecule has 3 N–H and O–H groups in total. The third kappa shape index (κ3) is 2.18. The molecule has 1 saturated carbocycles. The van der Waals surface area contributed by atoms with Crippen LogP contribution in [0.3, 0.4) is 0 Å². The topological polar surface area (TPSA) is 85.1 Å². The smallest absolute Gasteiger partial charge is 0.267 e. The fourth-order valence-electron chi connectivity index (χ4n) is 1.48. The van der Waals surface area contributed by atoms with Gasteiger partial charge in [-0.05, 0) is 24.5 Å². The maximum atomic E-state index is 11.7. The van der Waals surface area contributed by atoms with Crippen molar-refractivity contribution >= 4 is 11.8 Å². The molecule has 0 saturated heterocycles. The Morgan fingerprint density at radius 1 is 1.56 bits per heavy atom. The summed E-state index contributed by atoms with van der Waals surface area (Å²) in [5.41, 5.74) is 5.61. The summed E-state index contributed by atoms with van der Waals surface area (Å²) in [4.78, 5) is 26.4. The van der Waals surface area contributed by atoms with E-state index in [-0.39, 0.29) is 17.6 Å². The van der Waals surface area contributed by atoms with E-state index >= 15 is 0 Å². The zero-order valence-corrected chi connectivity index (χ0v) is 8.93. The number of pyridine rings is 1. The normalized spacial score (nSPS) is 22.6. The maximum absolute atomic E-state index is 11.7. The number of nitrogens with two attached hydrogens (primary N) is 1. The monoisotopic (exact) mass is 219 g/mol. The SMILES string of the molecule is C[C@H]1C[C@@H]1NC(=O)c1ccnc(C(N)=O)c1. The molecule has 2 rings (SSSR count). The lowest BCUT2D eigenvalue weighted by Gasteiger charge is -2.04. The highest BCUT2D eigenvalue weighted by atomic mass is 16.2. The highest BCUT2D eigenvalue weighted by Crippen LogP contribution is 2.29. The molecule has 0 aliphatic heterocycles. The zero-order valence-electron chi connectivity index (χ0n) is 8.93. The lowest BCUT2D eigenvalue weighted by atomic mass is 10.2. The predicted octanol–water partition coefficient (Wildman–Crippen LogP) is 0.319. The summed E-state index contributed by atoms with van der Waals surface area (Å²) in [5, 5.41) is 2.87. The van der Waals surface area contributed by atoms with Crippen molar-refractivity contribution in [3.05, 3.63) is 29.6 Å². The summed E-state index contributed by atoms with van der Waals surface area (Å²) >= 11 is 0. The minimum absolute atomic E-state index is 0.108. The van der Waals surface area contributed by atoms with Gasteiger partial charge in [0.1, 0.15) is 5.69 Å². The summed E-state index contributed by atoms with van der Waals surface area (Å²) in [6.07, 6.45) is 2.42. The molecule has 0 bridgehead atoms. The lowest BCUT2D eigenvalue weighted by molar-refractivity contribution is 0.0949. The molecule has 2 atom stereocenters. The number of nitrogens with zero attached hydrogens (tertiary/aromatic N) is 1. The molecule has 1 aromatic heterocycles. The maximum Gasteiger partial charge on any atom is 0.267 e. The van der Waals surface area contributed by atoms with Crippen molar-refractivity contribution in [1.82, 2.24) is 10.3 Å². The number of hydrogen-bond donors (Lipinski definition) is 2. The van der Waals surface area contributed by atoms with Gasteiger partial charge in [-0.25, -0.2) is 0 Å². The first kappa shape index (κ1) is 10.6. The Labute approximate surface area is 93.0 Å². The van der Waals surface area contributed by atoms with Gasteiger partial charge >= 0.3 is 0 Å². The van der Waals surface area contributed by atoms with Gasteiger partial charge in [0.15, 0.2) is 0 Å². The fraction of sp³-hybridized carbons (Fsp3) is 0.364. The second-order valence-electron chi connectivity index (χ2n) is 4.09.